The number of carbonyl (C=O) groups is 1. The van der Waals surface area contributed by atoms with E-state index in [1.165, 1.54) is 12.8 Å². The molecule has 5 heteroatoms. The Morgan fingerprint density at radius 3 is 2.55 bits per heavy atom. The van der Waals surface area contributed by atoms with Gasteiger partial charge in [0.15, 0.2) is 0 Å². The van der Waals surface area contributed by atoms with Crippen molar-refractivity contribution in [3.05, 3.63) is 86.7 Å². The second-order valence-corrected chi connectivity index (χ2v) is 14.6. The molecule has 1 heterocycles. The number of rotatable bonds is 6. The minimum absolute atomic E-state index is 0.157. The SMILES string of the molecule is CI(C)c1ccc(-c2cccc(COc3ccc4c(c3)CN(C3CCCC3)C4=O)c2)c(F)c1. The van der Waals surface area contributed by atoms with Crippen molar-refractivity contribution in [3.8, 4) is 16.9 Å². The van der Waals surface area contributed by atoms with Crippen LogP contribution in [0.3, 0.4) is 0 Å². The van der Waals surface area contributed by atoms with Crippen molar-refractivity contribution in [1.82, 2.24) is 4.90 Å². The first-order valence-corrected chi connectivity index (χ1v) is 16.8. The predicted octanol–water partition coefficient (Wildman–Crippen LogP) is 6.91. The number of ether oxygens (including phenoxy) is 1. The molecular formula is C28H29FINO2. The normalized spacial score (nSPS) is 16.3. The number of carbonyl (C=O) groups excluding carboxylic acids is 1. The summed E-state index contributed by atoms with van der Waals surface area (Å²) in [6, 6.07) is 19.7. The second kappa shape index (κ2) is 9.45. The quantitative estimate of drug-likeness (QED) is 0.244. The van der Waals surface area contributed by atoms with Crippen LogP contribution in [0, 0.1) is 9.39 Å². The summed E-state index contributed by atoms with van der Waals surface area (Å²) >= 11 is -1.20. The minimum atomic E-state index is -1.20. The van der Waals surface area contributed by atoms with E-state index in [1.54, 1.807) is 6.07 Å². The number of halogens is 2. The van der Waals surface area contributed by atoms with Crippen LogP contribution in [-0.2, 0) is 13.2 Å². The fourth-order valence-corrected chi connectivity index (χ4v) is 6.67. The van der Waals surface area contributed by atoms with Crippen molar-refractivity contribution in [3.63, 3.8) is 0 Å². The van der Waals surface area contributed by atoms with Crippen LogP contribution in [-0.4, -0.2) is 26.7 Å². The van der Waals surface area contributed by atoms with Gasteiger partial charge in [-0.2, -0.15) is 0 Å². The van der Waals surface area contributed by atoms with Gasteiger partial charge in [0.2, 0.25) is 0 Å². The third kappa shape index (κ3) is 4.65. The fraction of sp³-hybridized carbons (Fsp3) is 0.321. The number of alkyl halides is 2. The molecule has 1 saturated carbocycles. The molecule has 5 rings (SSSR count). The number of hydrogen-bond acceptors (Lipinski definition) is 2. The molecule has 3 aromatic carbocycles. The molecule has 3 aromatic rings. The third-order valence-electron chi connectivity index (χ3n) is 6.69. The molecule has 1 aliphatic heterocycles. The Labute approximate surface area is 202 Å². The van der Waals surface area contributed by atoms with Crippen molar-refractivity contribution < 1.29 is 13.9 Å². The molecule has 1 fully saturated rings. The first kappa shape index (κ1) is 22.4. The monoisotopic (exact) mass is 557 g/mol. The zero-order valence-corrected chi connectivity index (χ0v) is 21.3. The number of amides is 1. The number of hydrogen-bond donors (Lipinski definition) is 0. The van der Waals surface area contributed by atoms with Crippen LogP contribution in [0.1, 0.15) is 47.2 Å². The number of nitrogens with zero attached hydrogens (tertiary/aromatic N) is 1. The van der Waals surface area contributed by atoms with Crippen LogP contribution >= 0.6 is 19.8 Å². The van der Waals surface area contributed by atoms with Crippen molar-refractivity contribution in [1.29, 1.82) is 0 Å². The summed E-state index contributed by atoms with van der Waals surface area (Å²) < 4.78 is 22.0. The Balaban J connectivity index is 1.28. The Bertz CT molecular complexity index is 1190. The summed E-state index contributed by atoms with van der Waals surface area (Å²) in [5, 5.41) is 0. The maximum absolute atomic E-state index is 14.7. The van der Waals surface area contributed by atoms with E-state index in [2.05, 4.69) is 15.9 Å². The summed E-state index contributed by atoms with van der Waals surface area (Å²) in [4.78, 5) is 19.3. The molecule has 172 valence electrons. The summed E-state index contributed by atoms with van der Waals surface area (Å²) in [7, 11) is 0. The first-order chi connectivity index (χ1) is 16.0. The molecule has 2 aliphatic rings. The Morgan fingerprint density at radius 1 is 1.00 bits per heavy atom. The van der Waals surface area contributed by atoms with Gasteiger partial charge in [0, 0.05) is 18.2 Å². The van der Waals surface area contributed by atoms with E-state index < -0.39 is 19.8 Å². The van der Waals surface area contributed by atoms with Crippen LogP contribution in [0.5, 0.6) is 5.75 Å². The van der Waals surface area contributed by atoms with Gasteiger partial charge in [-0.1, -0.05) is 12.8 Å². The number of benzene rings is 3. The summed E-state index contributed by atoms with van der Waals surface area (Å²) in [6.45, 7) is 1.08. The van der Waals surface area contributed by atoms with E-state index in [4.69, 9.17) is 4.74 Å². The first-order valence-electron chi connectivity index (χ1n) is 11.4. The van der Waals surface area contributed by atoms with E-state index >= 15 is 0 Å². The van der Waals surface area contributed by atoms with Crippen molar-refractivity contribution in [2.45, 2.75) is 44.9 Å². The molecular weight excluding hydrogens is 528 g/mol. The predicted molar refractivity (Wildman–Crippen MR) is 139 cm³/mol. The van der Waals surface area contributed by atoms with Crippen LogP contribution < -0.4 is 4.74 Å². The Kier molecular flexibility index (Phi) is 6.41. The second-order valence-electron chi connectivity index (χ2n) is 9.06. The van der Waals surface area contributed by atoms with Crippen LogP contribution in [0.15, 0.2) is 60.7 Å². The van der Waals surface area contributed by atoms with E-state index in [-0.39, 0.29) is 11.7 Å². The van der Waals surface area contributed by atoms with Gasteiger partial charge in [-0.25, -0.2) is 0 Å². The molecule has 0 radical (unpaired) electrons. The summed E-state index contributed by atoms with van der Waals surface area (Å²) in [6.07, 6.45) is 4.66. The van der Waals surface area contributed by atoms with Gasteiger partial charge in [-0.05, 0) is 12.8 Å². The molecule has 0 saturated heterocycles. The van der Waals surface area contributed by atoms with Gasteiger partial charge < -0.3 is 4.90 Å². The molecule has 0 N–H and O–H groups in total. The topological polar surface area (TPSA) is 29.5 Å². The van der Waals surface area contributed by atoms with Crippen molar-refractivity contribution in [2.75, 3.05) is 9.86 Å². The van der Waals surface area contributed by atoms with Crippen LogP contribution in [0.25, 0.3) is 11.1 Å². The Hall–Kier alpha value is -2.41. The number of fused-ring (bicyclic) bond motifs is 1. The standard InChI is InChI=1S/C28H29FINO2/c1-30(2)22-10-12-25(27(29)16-22)20-7-5-6-19(14-20)18-33-24-11-13-26-21(15-24)17-31(28(26)32)23-8-3-4-9-23/h5-7,10-16,23H,3-4,8-9,17-18H2,1-2H3. The average molecular weight is 557 g/mol. The molecule has 0 atom stereocenters. The van der Waals surface area contributed by atoms with Crippen LogP contribution in [0.2, 0.25) is 0 Å². The Morgan fingerprint density at radius 2 is 1.79 bits per heavy atom. The van der Waals surface area contributed by atoms with Gasteiger partial charge in [0.05, 0.1) is 0 Å². The molecule has 33 heavy (non-hydrogen) atoms. The summed E-state index contributed by atoms with van der Waals surface area (Å²) in [5.74, 6) is 0.759. The van der Waals surface area contributed by atoms with Gasteiger partial charge in [0.1, 0.15) is 0 Å². The molecule has 3 nitrogen and oxygen atoms in total. The van der Waals surface area contributed by atoms with Crippen molar-refractivity contribution in [2.24, 2.45) is 0 Å². The van der Waals surface area contributed by atoms with Gasteiger partial charge in [-0.15, -0.1) is 0 Å². The van der Waals surface area contributed by atoms with Gasteiger partial charge in [-0.3, -0.25) is 4.79 Å². The molecule has 0 bridgehead atoms. The molecule has 0 unspecified atom stereocenters. The molecule has 1 aliphatic carbocycles. The fourth-order valence-electron chi connectivity index (χ4n) is 4.87. The van der Waals surface area contributed by atoms with E-state index in [9.17, 15) is 9.18 Å². The third-order valence-corrected chi connectivity index (χ3v) is 9.85. The maximum atomic E-state index is 14.7. The zero-order chi connectivity index (χ0) is 22.9. The molecule has 0 aromatic heterocycles. The molecule has 0 spiro atoms. The van der Waals surface area contributed by atoms with Crippen LogP contribution in [0.4, 0.5) is 4.39 Å². The molecule has 1 amide bonds. The van der Waals surface area contributed by atoms with E-state index in [0.29, 0.717) is 24.8 Å². The average Bonchev–Trinajstić information content (AvgIpc) is 3.46. The van der Waals surface area contributed by atoms with Crippen molar-refractivity contribution >= 4 is 25.7 Å². The zero-order valence-electron chi connectivity index (χ0n) is 19.1. The van der Waals surface area contributed by atoms with Gasteiger partial charge in [0.25, 0.3) is 5.91 Å². The van der Waals surface area contributed by atoms with E-state index in [1.807, 2.05) is 53.4 Å². The van der Waals surface area contributed by atoms with E-state index in [0.717, 1.165) is 44.4 Å². The van der Waals surface area contributed by atoms with Gasteiger partial charge >= 0.3 is 143 Å². The summed E-state index contributed by atoms with van der Waals surface area (Å²) in [5.41, 5.74) is 4.33.